The Bertz CT molecular complexity index is 1010. The Balaban J connectivity index is 1.60. The minimum absolute atomic E-state index is 0.0787. The summed E-state index contributed by atoms with van der Waals surface area (Å²) in [6.07, 6.45) is 0.315. The molecule has 0 bridgehead atoms. The summed E-state index contributed by atoms with van der Waals surface area (Å²) < 4.78 is 6.52. The topological polar surface area (TPSA) is 73.2 Å². The first-order chi connectivity index (χ1) is 13.5. The Kier molecular flexibility index (Phi) is 6.22. The maximum atomic E-state index is 12.1. The highest BCUT2D eigenvalue weighted by molar-refractivity contribution is 5.78. The Labute approximate surface area is 163 Å². The molecule has 1 heterocycles. The monoisotopic (exact) mass is 377 g/mol. The Morgan fingerprint density at radius 3 is 2.61 bits per heavy atom. The normalized spacial score (nSPS) is 10.5. The molecule has 28 heavy (non-hydrogen) atoms. The van der Waals surface area contributed by atoms with Crippen LogP contribution >= 0.6 is 0 Å². The van der Waals surface area contributed by atoms with Gasteiger partial charge in [-0.25, -0.2) is 4.68 Å². The van der Waals surface area contributed by atoms with Crippen molar-refractivity contribution in [2.75, 3.05) is 13.7 Å². The molecule has 1 N–H and O–H groups in total. The molecule has 3 rings (SSSR count). The fourth-order valence-electron chi connectivity index (χ4n) is 2.90. The first-order valence-electron chi connectivity index (χ1n) is 9.10. The number of ether oxygens (including phenoxy) is 1. The molecule has 2 aromatic carbocycles. The zero-order valence-corrected chi connectivity index (χ0v) is 16.0. The largest absolute Gasteiger partial charge is 0.497 e. The van der Waals surface area contributed by atoms with E-state index in [0.717, 1.165) is 22.4 Å². The van der Waals surface area contributed by atoms with Gasteiger partial charge in [-0.2, -0.15) is 5.10 Å². The van der Waals surface area contributed by atoms with Crippen LogP contribution in [0.3, 0.4) is 0 Å². The lowest BCUT2D eigenvalue weighted by Crippen LogP contribution is -2.32. The van der Waals surface area contributed by atoms with Crippen molar-refractivity contribution in [3.8, 4) is 17.0 Å². The summed E-state index contributed by atoms with van der Waals surface area (Å²) >= 11 is 0. The molecule has 0 fully saturated rings. The average molecular weight is 377 g/mol. The van der Waals surface area contributed by atoms with Crippen molar-refractivity contribution in [3.63, 3.8) is 0 Å². The van der Waals surface area contributed by atoms with E-state index in [1.165, 1.54) is 10.7 Å². The molecule has 0 aliphatic carbocycles. The molecule has 1 amide bonds. The first-order valence-corrected chi connectivity index (χ1v) is 9.10. The van der Waals surface area contributed by atoms with E-state index in [0.29, 0.717) is 25.2 Å². The summed E-state index contributed by atoms with van der Waals surface area (Å²) in [6, 6.07) is 18.5. The number of aromatic nitrogens is 2. The van der Waals surface area contributed by atoms with Crippen molar-refractivity contribution in [3.05, 3.63) is 82.1 Å². The number of nitrogens with one attached hydrogen (secondary N) is 1. The van der Waals surface area contributed by atoms with E-state index in [4.69, 9.17) is 4.74 Å². The number of aryl methyl sites for hydroxylation is 1. The number of amides is 1. The maximum absolute atomic E-state index is 12.1. The van der Waals surface area contributed by atoms with Crippen LogP contribution < -0.4 is 15.6 Å². The molecule has 0 aliphatic rings. The van der Waals surface area contributed by atoms with Crippen LogP contribution in [0.1, 0.15) is 11.1 Å². The molecular formula is C22H23N3O3. The van der Waals surface area contributed by atoms with Crippen LogP contribution in [0.2, 0.25) is 0 Å². The summed E-state index contributed by atoms with van der Waals surface area (Å²) in [7, 11) is 1.61. The predicted molar refractivity (Wildman–Crippen MR) is 108 cm³/mol. The number of hydrogen-bond acceptors (Lipinski definition) is 4. The maximum Gasteiger partial charge on any atom is 0.266 e. The number of nitrogens with zero attached hydrogens (tertiary/aromatic N) is 2. The number of hydrogen-bond donors (Lipinski definition) is 1. The Morgan fingerprint density at radius 2 is 1.89 bits per heavy atom. The molecule has 0 unspecified atom stereocenters. The summed E-state index contributed by atoms with van der Waals surface area (Å²) in [5.74, 6) is 0.679. The number of methoxy groups -OCH3 is 1. The molecule has 0 atom stereocenters. The van der Waals surface area contributed by atoms with E-state index in [9.17, 15) is 9.59 Å². The third kappa shape index (κ3) is 5.07. The predicted octanol–water partition coefficient (Wildman–Crippen LogP) is 2.59. The zero-order valence-electron chi connectivity index (χ0n) is 16.0. The van der Waals surface area contributed by atoms with E-state index in [1.54, 1.807) is 13.2 Å². The smallest absolute Gasteiger partial charge is 0.266 e. The minimum atomic E-state index is -0.204. The van der Waals surface area contributed by atoms with Gasteiger partial charge in [-0.1, -0.05) is 29.8 Å². The zero-order chi connectivity index (χ0) is 19.9. The Morgan fingerprint density at radius 1 is 1.11 bits per heavy atom. The lowest BCUT2D eigenvalue weighted by atomic mass is 10.1. The number of benzene rings is 2. The van der Waals surface area contributed by atoms with Gasteiger partial charge in [0.1, 0.15) is 5.75 Å². The molecule has 1 aromatic heterocycles. The summed E-state index contributed by atoms with van der Waals surface area (Å²) in [6.45, 7) is 2.64. The van der Waals surface area contributed by atoms with Gasteiger partial charge in [-0.15, -0.1) is 0 Å². The van der Waals surface area contributed by atoms with Gasteiger partial charge in [0.15, 0.2) is 0 Å². The lowest BCUT2D eigenvalue weighted by molar-refractivity contribution is -0.120. The molecule has 6 heteroatoms. The molecule has 0 saturated carbocycles. The van der Waals surface area contributed by atoms with Crippen molar-refractivity contribution in [2.45, 2.75) is 19.9 Å². The average Bonchev–Trinajstić information content (AvgIpc) is 2.69. The van der Waals surface area contributed by atoms with Crippen LogP contribution in [0.25, 0.3) is 11.3 Å². The van der Waals surface area contributed by atoms with Crippen molar-refractivity contribution < 1.29 is 9.53 Å². The molecule has 0 radical (unpaired) electrons. The van der Waals surface area contributed by atoms with Crippen molar-refractivity contribution in [2.24, 2.45) is 0 Å². The molecule has 6 nitrogen and oxygen atoms in total. The van der Waals surface area contributed by atoms with Crippen LogP contribution in [0.4, 0.5) is 0 Å². The molecule has 0 saturated heterocycles. The van der Waals surface area contributed by atoms with E-state index in [1.807, 2.05) is 55.5 Å². The van der Waals surface area contributed by atoms with E-state index < -0.39 is 0 Å². The fourth-order valence-corrected chi connectivity index (χ4v) is 2.90. The summed E-state index contributed by atoms with van der Waals surface area (Å²) in [5, 5.41) is 7.25. The van der Waals surface area contributed by atoms with Crippen LogP contribution in [0.15, 0.2) is 65.5 Å². The van der Waals surface area contributed by atoms with Crippen LogP contribution in [0.5, 0.6) is 5.75 Å². The first kappa shape index (κ1) is 19.4. The standard InChI is InChI=1S/C22H23N3O3/c1-16-4-3-5-17(14-16)15-21(26)23-12-13-25-22(27)11-10-20(24-25)18-6-8-19(28-2)9-7-18/h3-11,14H,12-13,15H2,1-2H3,(H,23,26). The molecular weight excluding hydrogens is 354 g/mol. The van der Waals surface area contributed by atoms with Gasteiger partial charge in [0, 0.05) is 18.2 Å². The fraction of sp³-hybridized carbons (Fsp3) is 0.227. The second kappa shape index (κ2) is 8.99. The molecule has 0 aliphatic heterocycles. The SMILES string of the molecule is COc1ccc(-c2ccc(=O)n(CCNC(=O)Cc3cccc(C)c3)n2)cc1. The number of rotatable bonds is 7. The van der Waals surface area contributed by atoms with Gasteiger partial charge >= 0.3 is 0 Å². The van der Waals surface area contributed by atoms with Crippen molar-refractivity contribution in [1.82, 2.24) is 15.1 Å². The Hall–Kier alpha value is -3.41. The second-order valence-electron chi connectivity index (χ2n) is 6.52. The summed E-state index contributed by atoms with van der Waals surface area (Å²) in [5.41, 5.74) is 3.46. The second-order valence-corrected chi connectivity index (χ2v) is 6.52. The van der Waals surface area contributed by atoms with Gasteiger partial charge in [-0.3, -0.25) is 9.59 Å². The third-order valence-electron chi connectivity index (χ3n) is 4.35. The van der Waals surface area contributed by atoms with Gasteiger partial charge < -0.3 is 10.1 Å². The van der Waals surface area contributed by atoms with Crippen molar-refractivity contribution in [1.29, 1.82) is 0 Å². The van der Waals surface area contributed by atoms with Gasteiger partial charge in [0.2, 0.25) is 5.91 Å². The van der Waals surface area contributed by atoms with Gasteiger partial charge in [0.05, 0.1) is 25.8 Å². The molecule has 0 spiro atoms. The highest BCUT2D eigenvalue weighted by Crippen LogP contribution is 2.19. The number of carbonyl (C=O) groups excluding carboxylic acids is 1. The van der Waals surface area contributed by atoms with Crippen LogP contribution in [0, 0.1) is 6.92 Å². The van der Waals surface area contributed by atoms with E-state index in [2.05, 4.69) is 10.4 Å². The van der Waals surface area contributed by atoms with E-state index >= 15 is 0 Å². The van der Waals surface area contributed by atoms with Gasteiger partial charge in [0.25, 0.3) is 5.56 Å². The van der Waals surface area contributed by atoms with Crippen LogP contribution in [-0.4, -0.2) is 29.3 Å². The van der Waals surface area contributed by atoms with Gasteiger partial charge in [-0.05, 0) is 42.8 Å². The summed E-state index contributed by atoms with van der Waals surface area (Å²) in [4.78, 5) is 24.2. The molecule has 144 valence electrons. The number of carbonyl (C=O) groups is 1. The highest BCUT2D eigenvalue weighted by Gasteiger charge is 2.06. The quantitative estimate of drug-likeness (QED) is 0.687. The lowest BCUT2D eigenvalue weighted by Gasteiger charge is -2.09. The third-order valence-corrected chi connectivity index (χ3v) is 4.35. The highest BCUT2D eigenvalue weighted by atomic mass is 16.5. The van der Waals surface area contributed by atoms with E-state index in [-0.39, 0.29) is 11.5 Å². The van der Waals surface area contributed by atoms with Crippen molar-refractivity contribution >= 4 is 5.91 Å². The van der Waals surface area contributed by atoms with Crippen LogP contribution in [-0.2, 0) is 17.8 Å². The minimum Gasteiger partial charge on any atom is -0.497 e. The molecule has 3 aromatic rings.